The van der Waals surface area contributed by atoms with Gasteiger partial charge < -0.3 is 20.7 Å². The third-order valence-corrected chi connectivity index (χ3v) is 6.29. The number of nitrogens with zero attached hydrogens (tertiary/aromatic N) is 1. The van der Waals surface area contributed by atoms with Gasteiger partial charge in [-0.05, 0) is 42.3 Å². The molecule has 186 valence electrons. The Morgan fingerprint density at radius 3 is 2.31 bits per heavy atom. The number of carbonyl (C=O) groups is 2. The lowest BCUT2D eigenvalue weighted by molar-refractivity contribution is -0.138. The van der Waals surface area contributed by atoms with E-state index >= 15 is 0 Å². The number of fused-ring (bicyclic) bond motifs is 1. The first-order valence-electron chi connectivity index (χ1n) is 11.9. The quantitative estimate of drug-likeness (QED) is 0.517. The Labute approximate surface area is 213 Å². The minimum atomic E-state index is -1.08. The highest BCUT2D eigenvalue weighted by Crippen LogP contribution is 2.22. The van der Waals surface area contributed by atoms with Gasteiger partial charge in [0.1, 0.15) is 17.9 Å². The van der Waals surface area contributed by atoms with Crippen molar-refractivity contribution in [2.45, 2.75) is 50.8 Å². The molecule has 0 aliphatic carbocycles. The fourth-order valence-electron chi connectivity index (χ4n) is 4.34. The molecule has 1 heterocycles. The highest BCUT2D eigenvalue weighted by molar-refractivity contribution is 5.92. The molecule has 3 aromatic rings. The number of rotatable bonds is 7. The number of likely N-dealkylation sites (tertiary alicyclic amines) is 1. The van der Waals surface area contributed by atoms with Crippen LogP contribution in [0.15, 0.2) is 72.8 Å². The Morgan fingerprint density at radius 1 is 1.00 bits per heavy atom. The van der Waals surface area contributed by atoms with Gasteiger partial charge in [0.2, 0.25) is 11.8 Å². The molecule has 35 heavy (non-hydrogen) atoms. The fraction of sp³-hybridized carbons (Fsp3) is 0.357. The van der Waals surface area contributed by atoms with Gasteiger partial charge in [0.05, 0.1) is 5.54 Å². The van der Waals surface area contributed by atoms with Gasteiger partial charge in [-0.2, -0.15) is 0 Å². The summed E-state index contributed by atoms with van der Waals surface area (Å²) in [5.74, 6) is 0.427. The highest BCUT2D eigenvalue weighted by Gasteiger charge is 2.33. The van der Waals surface area contributed by atoms with Crippen LogP contribution in [0.1, 0.15) is 32.3 Å². The molecule has 0 radical (unpaired) electrons. The average molecular weight is 496 g/mol. The zero-order valence-corrected chi connectivity index (χ0v) is 21.1. The smallest absolute Gasteiger partial charge is 0.245 e. The van der Waals surface area contributed by atoms with E-state index in [2.05, 4.69) is 17.4 Å². The molecule has 1 atom stereocenters. The second-order valence-electron chi connectivity index (χ2n) is 9.55. The number of hydrogen-bond donors (Lipinski definition) is 2. The maximum absolute atomic E-state index is 13.6. The molecule has 1 saturated heterocycles. The van der Waals surface area contributed by atoms with Gasteiger partial charge in [0.15, 0.2) is 0 Å². The van der Waals surface area contributed by atoms with Crippen LogP contribution in [-0.4, -0.2) is 47.5 Å². The molecule has 0 saturated carbocycles. The van der Waals surface area contributed by atoms with Crippen LogP contribution in [0, 0.1) is 0 Å². The summed E-state index contributed by atoms with van der Waals surface area (Å²) in [6.45, 7) is 4.47. The standard InChI is InChI=1S/C28H33N3O3.ClH/c1-28(2,29)27(33)30-25(19-21-11-8-10-20-9-6-7-14-24(20)21)26(32)31-17-15-23(16-18-31)34-22-12-4-3-5-13-22;/h3-14,23,25H,15-19,29H2,1-2H3,(H,30,33);1H/t25-;/m1./s1. The van der Waals surface area contributed by atoms with Crippen molar-refractivity contribution < 1.29 is 14.3 Å². The second kappa shape index (κ2) is 11.6. The van der Waals surface area contributed by atoms with Crippen molar-refractivity contribution >= 4 is 35.0 Å². The number of amides is 2. The van der Waals surface area contributed by atoms with Crippen LogP contribution < -0.4 is 15.8 Å². The molecule has 2 amide bonds. The Bertz CT molecular complexity index is 1130. The van der Waals surface area contributed by atoms with Gasteiger partial charge in [-0.15, -0.1) is 12.4 Å². The first kappa shape index (κ1) is 26.5. The third-order valence-electron chi connectivity index (χ3n) is 6.29. The molecule has 6 nitrogen and oxygen atoms in total. The summed E-state index contributed by atoms with van der Waals surface area (Å²) in [4.78, 5) is 28.2. The number of benzene rings is 3. The van der Waals surface area contributed by atoms with Crippen LogP contribution in [0.3, 0.4) is 0 Å². The van der Waals surface area contributed by atoms with Crippen molar-refractivity contribution in [3.63, 3.8) is 0 Å². The minimum Gasteiger partial charge on any atom is -0.490 e. The monoisotopic (exact) mass is 495 g/mol. The number of ether oxygens (including phenoxy) is 1. The number of halogens is 1. The predicted molar refractivity (Wildman–Crippen MR) is 142 cm³/mol. The SMILES string of the molecule is CC(C)(N)C(=O)N[C@H](Cc1cccc2ccccc12)C(=O)N1CCC(Oc2ccccc2)CC1.Cl. The molecule has 1 aliphatic rings. The van der Waals surface area contributed by atoms with Crippen LogP contribution in [0.5, 0.6) is 5.75 Å². The molecule has 1 aliphatic heterocycles. The molecule has 4 rings (SSSR count). The van der Waals surface area contributed by atoms with E-state index < -0.39 is 11.6 Å². The molecule has 3 aromatic carbocycles. The van der Waals surface area contributed by atoms with E-state index in [1.807, 2.05) is 65.6 Å². The van der Waals surface area contributed by atoms with Gasteiger partial charge in [0.25, 0.3) is 0 Å². The third kappa shape index (κ3) is 6.74. The number of nitrogens with one attached hydrogen (secondary N) is 1. The van der Waals surface area contributed by atoms with Gasteiger partial charge in [-0.25, -0.2) is 0 Å². The van der Waals surface area contributed by atoms with Gasteiger partial charge in [-0.1, -0.05) is 60.7 Å². The van der Waals surface area contributed by atoms with E-state index in [4.69, 9.17) is 10.5 Å². The summed E-state index contributed by atoms with van der Waals surface area (Å²) < 4.78 is 6.07. The second-order valence-corrected chi connectivity index (χ2v) is 9.55. The van der Waals surface area contributed by atoms with Crippen LogP contribution in [0.4, 0.5) is 0 Å². The molecule has 0 spiro atoms. The molecule has 0 bridgehead atoms. The number of hydrogen-bond acceptors (Lipinski definition) is 4. The van der Waals surface area contributed by atoms with Crippen LogP contribution in [0.2, 0.25) is 0 Å². The summed E-state index contributed by atoms with van der Waals surface area (Å²) in [5, 5.41) is 5.12. The van der Waals surface area contributed by atoms with Gasteiger partial charge in [0, 0.05) is 32.4 Å². The lowest BCUT2D eigenvalue weighted by Gasteiger charge is -2.35. The average Bonchev–Trinajstić information content (AvgIpc) is 2.84. The summed E-state index contributed by atoms with van der Waals surface area (Å²) in [5.41, 5.74) is 5.97. The largest absolute Gasteiger partial charge is 0.490 e. The summed E-state index contributed by atoms with van der Waals surface area (Å²) in [6.07, 6.45) is 1.97. The minimum absolute atomic E-state index is 0. The fourth-order valence-corrected chi connectivity index (χ4v) is 4.34. The molecular weight excluding hydrogens is 462 g/mol. The number of piperidine rings is 1. The predicted octanol–water partition coefficient (Wildman–Crippen LogP) is 4.10. The van der Waals surface area contributed by atoms with E-state index in [1.54, 1.807) is 13.8 Å². The van der Waals surface area contributed by atoms with Gasteiger partial charge in [-0.3, -0.25) is 9.59 Å². The van der Waals surface area contributed by atoms with Crippen molar-refractivity contribution in [3.05, 3.63) is 78.4 Å². The van der Waals surface area contributed by atoms with E-state index in [9.17, 15) is 9.59 Å². The topological polar surface area (TPSA) is 84.7 Å². The maximum atomic E-state index is 13.6. The number of para-hydroxylation sites is 1. The Hall–Kier alpha value is -3.09. The van der Waals surface area contributed by atoms with E-state index in [-0.39, 0.29) is 30.3 Å². The highest BCUT2D eigenvalue weighted by atomic mass is 35.5. The van der Waals surface area contributed by atoms with E-state index in [0.717, 1.165) is 34.9 Å². The zero-order valence-electron chi connectivity index (χ0n) is 20.3. The van der Waals surface area contributed by atoms with Crippen molar-refractivity contribution in [2.24, 2.45) is 5.73 Å². The number of carbonyl (C=O) groups excluding carboxylic acids is 2. The van der Waals surface area contributed by atoms with Crippen LogP contribution in [0.25, 0.3) is 10.8 Å². The summed E-state index contributed by atoms with van der Waals surface area (Å²) in [7, 11) is 0. The van der Waals surface area contributed by atoms with E-state index in [0.29, 0.717) is 19.5 Å². The van der Waals surface area contributed by atoms with Crippen LogP contribution >= 0.6 is 12.4 Å². The van der Waals surface area contributed by atoms with Crippen molar-refractivity contribution in [3.8, 4) is 5.75 Å². The normalized spacial score (nSPS) is 15.2. The molecule has 0 aromatic heterocycles. The molecular formula is C28H34ClN3O3. The van der Waals surface area contributed by atoms with Crippen molar-refractivity contribution in [2.75, 3.05) is 13.1 Å². The van der Waals surface area contributed by atoms with Gasteiger partial charge >= 0.3 is 0 Å². The summed E-state index contributed by atoms with van der Waals surface area (Å²) in [6, 6.07) is 23.2. The van der Waals surface area contributed by atoms with Crippen molar-refractivity contribution in [1.29, 1.82) is 0 Å². The summed E-state index contributed by atoms with van der Waals surface area (Å²) >= 11 is 0. The Morgan fingerprint density at radius 2 is 1.63 bits per heavy atom. The van der Waals surface area contributed by atoms with E-state index in [1.165, 1.54) is 0 Å². The Kier molecular flexibility index (Phi) is 8.76. The zero-order chi connectivity index (χ0) is 24.1. The van der Waals surface area contributed by atoms with Crippen molar-refractivity contribution in [1.82, 2.24) is 10.2 Å². The Balaban J connectivity index is 0.00000342. The molecule has 1 fully saturated rings. The maximum Gasteiger partial charge on any atom is 0.245 e. The molecule has 3 N–H and O–H groups in total. The molecule has 7 heteroatoms. The lowest BCUT2D eigenvalue weighted by atomic mass is 9.96. The first-order chi connectivity index (χ1) is 16.3. The number of nitrogens with two attached hydrogens (primary N) is 1. The first-order valence-corrected chi connectivity index (χ1v) is 11.9. The molecule has 0 unspecified atom stereocenters. The van der Waals surface area contributed by atoms with Crippen LogP contribution in [-0.2, 0) is 16.0 Å². The lowest BCUT2D eigenvalue weighted by Crippen LogP contribution is -2.58.